The number of hydrogen-bond donors (Lipinski definition) is 1. The van der Waals surface area contributed by atoms with Crippen molar-refractivity contribution in [1.82, 2.24) is 25.2 Å². The third kappa shape index (κ3) is 5.38. The molecule has 3 rings (SSSR count). The Balaban J connectivity index is 1.56. The van der Waals surface area contributed by atoms with Crippen LogP contribution in [0.25, 0.3) is 0 Å². The predicted molar refractivity (Wildman–Crippen MR) is 99.9 cm³/mol. The van der Waals surface area contributed by atoms with E-state index in [-0.39, 0.29) is 12.1 Å². The lowest BCUT2D eigenvalue weighted by Crippen LogP contribution is -2.47. The Kier molecular flexibility index (Phi) is 6.40. The van der Waals surface area contributed by atoms with Gasteiger partial charge in [-0.2, -0.15) is 4.98 Å². The summed E-state index contributed by atoms with van der Waals surface area (Å²) in [6, 6.07) is 3.06. The van der Waals surface area contributed by atoms with E-state index in [1.165, 1.54) is 0 Å². The topological polar surface area (TPSA) is 116 Å². The number of urea groups is 1. The van der Waals surface area contributed by atoms with Gasteiger partial charge in [-0.3, -0.25) is 5.32 Å². The minimum atomic E-state index is -0.460. The fourth-order valence-corrected chi connectivity index (χ4v) is 2.75. The van der Waals surface area contributed by atoms with Crippen LogP contribution in [0.5, 0.6) is 5.88 Å². The number of nitrogens with one attached hydrogen (secondary N) is 1. The highest BCUT2D eigenvalue weighted by Gasteiger charge is 2.32. The molecule has 0 aromatic carbocycles. The minimum absolute atomic E-state index is 0.167. The maximum absolute atomic E-state index is 12.6. The average molecular weight is 390 g/mol. The summed E-state index contributed by atoms with van der Waals surface area (Å²) in [5, 5.41) is 14.5. The van der Waals surface area contributed by atoms with Crippen LogP contribution in [0.1, 0.15) is 45.0 Å². The van der Waals surface area contributed by atoms with Crippen LogP contribution < -0.4 is 10.1 Å². The van der Waals surface area contributed by atoms with Gasteiger partial charge in [0.2, 0.25) is 5.88 Å². The zero-order chi connectivity index (χ0) is 20.1. The molecule has 10 heteroatoms. The van der Waals surface area contributed by atoms with Gasteiger partial charge >= 0.3 is 6.03 Å². The Morgan fingerprint density at radius 1 is 1.36 bits per heavy atom. The Labute approximate surface area is 163 Å². The highest BCUT2D eigenvalue weighted by atomic mass is 16.5. The van der Waals surface area contributed by atoms with Gasteiger partial charge < -0.3 is 18.9 Å². The van der Waals surface area contributed by atoms with Crippen LogP contribution in [-0.4, -0.2) is 57.1 Å². The second kappa shape index (κ2) is 8.96. The summed E-state index contributed by atoms with van der Waals surface area (Å²) in [4.78, 5) is 18.4. The van der Waals surface area contributed by atoms with Crippen molar-refractivity contribution < 1.29 is 18.8 Å². The number of aromatic nitrogens is 4. The number of anilines is 1. The van der Waals surface area contributed by atoms with Crippen LogP contribution in [0.3, 0.4) is 0 Å². The fourth-order valence-electron chi connectivity index (χ4n) is 2.75. The number of carbonyl (C=O) groups is 1. The number of carbonyl (C=O) groups excluding carboxylic acids is 1. The summed E-state index contributed by atoms with van der Waals surface area (Å²) in [6.07, 6.45) is 0.314. The maximum Gasteiger partial charge on any atom is 0.323 e. The largest absolute Gasteiger partial charge is 0.477 e. The number of hydrogen-bond acceptors (Lipinski definition) is 8. The summed E-state index contributed by atoms with van der Waals surface area (Å²) < 4.78 is 16.5. The lowest BCUT2D eigenvalue weighted by atomic mass is 10.1. The van der Waals surface area contributed by atoms with E-state index in [2.05, 4.69) is 39.5 Å². The quantitative estimate of drug-likeness (QED) is 0.800. The van der Waals surface area contributed by atoms with Crippen molar-refractivity contribution in [2.45, 2.75) is 46.3 Å². The first kappa shape index (κ1) is 20.0. The molecule has 0 spiro atoms. The number of amides is 2. The standard InChI is InChI=1S/C18H26N6O4/c1-11(2)7-8-26-16-6-5-15(21-22-16)20-18(25)24-9-12(3)27-14(10-24)17-19-13(4)23-28-17/h5-6,11-12,14H,7-10H2,1-4H3,(H,20,21,25)/t12-,14-/m1/s1. The first-order valence-electron chi connectivity index (χ1n) is 9.39. The van der Waals surface area contributed by atoms with E-state index in [4.69, 9.17) is 14.0 Å². The first-order valence-corrected chi connectivity index (χ1v) is 9.39. The molecule has 0 aliphatic carbocycles. The monoisotopic (exact) mass is 390 g/mol. The molecule has 0 radical (unpaired) electrons. The van der Waals surface area contributed by atoms with Crippen LogP contribution in [0.15, 0.2) is 16.7 Å². The second-order valence-corrected chi connectivity index (χ2v) is 7.24. The molecule has 2 amide bonds. The molecule has 1 saturated heterocycles. The smallest absolute Gasteiger partial charge is 0.323 e. The van der Waals surface area contributed by atoms with Gasteiger partial charge in [0.05, 0.1) is 19.3 Å². The van der Waals surface area contributed by atoms with Gasteiger partial charge in [-0.25, -0.2) is 4.79 Å². The minimum Gasteiger partial charge on any atom is -0.477 e. The summed E-state index contributed by atoms with van der Waals surface area (Å²) in [5.74, 6) is 2.24. The molecule has 3 heterocycles. The molecule has 1 N–H and O–H groups in total. The van der Waals surface area contributed by atoms with Crippen molar-refractivity contribution in [3.05, 3.63) is 23.8 Å². The van der Waals surface area contributed by atoms with E-state index in [0.29, 0.717) is 49.0 Å². The van der Waals surface area contributed by atoms with E-state index in [1.54, 1.807) is 24.0 Å². The van der Waals surface area contributed by atoms with Crippen LogP contribution in [0, 0.1) is 12.8 Å². The normalized spacial score (nSPS) is 19.7. The zero-order valence-electron chi connectivity index (χ0n) is 16.6. The van der Waals surface area contributed by atoms with E-state index in [1.807, 2.05) is 6.92 Å². The van der Waals surface area contributed by atoms with Crippen LogP contribution in [-0.2, 0) is 4.74 Å². The Hall–Kier alpha value is -2.75. The molecule has 1 aliphatic heterocycles. The SMILES string of the molecule is Cc1noc([C@H]2CN(C(=O)Nc3ccc(OCCC(C)C)nn3)C[C@@H](C)O2)n1. The fraction of sp³-hybridized carbons (Fsp3) is 0.611. The summed E-state index contributed by atoms with van der Waals surface area (Å²) >= 11 is 0. The van der Waals surface area contributed by atoms with Gasteiger partial charge in [0.25, 0.3) is 5.89 Å². The lowest BCUT2D eigenvalue weighted by molar-refractivity contribution is -0.0769. The number of morpholine rings is 1. The molecule has 2 atom stereocenters. The first-order chi connectivity index (χ1) is 13.4. The molecular formula is C18H26N6O4. The molecular weight excluding hydrogens is 364 g/mol. The molecule has 0 saturated carbocycles. The van der Waals surface area contributed by atoms with E-state index >= 15 is 0 Å². The van der Waals surface area contributed by atoms with Crippen molar-refractivity contribution in [1.29, 1.82) is 0 Å². The van der Waals surface area contributed by atoms with Gasteiger partial charge in [0.1, 0.15) is 0 Å². The van der Waals surface area contributed by atoms with Crippen molar-refractivity contribution >= 4 is 11.8 Å². The van der Waals surface area contributed by atoms with Gasteiger partial charge in [-0.05, 0) is 32.3 Å². The number of aryl methyl sites for hydroxylation is 1. The third-order valence-electron chi connectivity index (χ3n) is 4.19. The summed E-state index contributed by atoms with van der Waals surface area (Å²) in [5.41, 5.74) is 0. The van der Waals surface area contributed by atoms with Crippen molar-refractivity contribution in [2.75, 3.05) is 25.0 Å². The summed E-state index contributed by atoms with van der Waals surface area (Å²) in [6.45, 7) is 9.22. The molecule has 2 aromatic heterocycles. The van der Waals surface area contributed by atoms with Gasteiger partial charge in [-0.1, -0.05) is 19.0 Å². The van der Waals surface area contributed by atoms with E-state index < -0.39 is 6.10 Å². The van der Waals surface area contributed by atoms with Crippen molar-refractivity contribution in [3.8, 4) is 5.88 Å². The number of nitrogens with zero attached hydrogens (tertiary/aromatic N) is 5. The molecule has 28 heavy (non-hydrogen) atoms. The van der Waals surface area contributed by atoms with Gasteiger partial charge in [0, 0.05) is 12.6 Å². The molecule has 1 fully saturated rings. The van der Waals surface area contributed by atoms with Crippen molar-refractivity contribution in [3.63, 3.8) is 0 Å². The Bertz CT molecular complexity index is 779. The van der Waals surface area contributed by atoms with Crippen LogP contribution >= 0.6 is 0 Å². The van der Waals surface area contributed by atoms with Gasteiger partial charge in [0.15, 0.2) is 17.7 Å². The molecule has 0 bridgehead atoms. The molecule has 2 aromatic rings. The van der Waals surface area contributed by atoms with Crippen LogP contribution in [0.4, 0.5) is 10.6 Å². The van der Waals surface area contributed by atoms with E-state index in [9.17, 15) is 4.79 Å². The Morgan fingerprint density at radius 3 is 2.82 bits per heavy atom. The highest BCUT2D eigenvalue weighted by molar-refractivity contribution is 5.88. The van der Waals surface area contributed by atoms with Crippen LogP contribution in [0.2, 0.25) is 0 Å². The van der Waals surface area contributed by atoms with E-state index in [0.717, 1.165) is 6.42 Å². The predicted octanol–water partition coefficient (Wildman–Crippen LogP) is 2.59. The maximum atomic E-state index is 12.6. The number of rotatable bonds is 6. The molecule has 152 valence electrons. The summed E-state index contributed by atoms with van der Waals surface area (Å²) in [7, 11) is 0. The Morgan fingerprint density at radius 2 is 2.18 bits per heavy atom. The molecule has 1 aliphatic rings. The second-order valence-electron chi connectivity index (χ2n) is 7.24. The number of ether oxygens (including phenoxy) is 2. The van der Waals surface area contributed by atoms with Gasteiger partial charge in [-0.15, -0.1) is 10.2 Å². The highest BCUT2D eigenvalue weighted by Crippen LogP contribution is 2.24. The van der Waals surface area contributed by atoms with Crippen molar-refractivity contribution in [2.24, 2.45) is 5.92 Å². The molecule has 10 nitrogen and oxygen atoms in total. The third-order valence-corrected chi connectivity index (χ3v) is 4.19. The lowest BCUT2D eigenvalue weighted by Gasteiger charge is -2.35. The zero-order valence-corrected chi connectivity index (χ0v) is 16.6. The average Bonchev–Trinajstić information content (AvgIpc) is 3.09. The molecule has 0 unspecified atom stereocenters.